The van der Waals surface area contributed by atoms with Crippen molar-refractivity contribution in [2.75, 3.05) is 57.1 Å². The molecule has 1 aromatic rings. The van der Waals surface area contributed by atoms with Crippen LogP contribution in [0.3, 0.4) is 0 Å². The van der Waals surface area contributed by atoms with Gasteiger partial charge in [0.15, 0.2) is 0 Å². The van der Waals surface area contributed by atoms with Gasteiger partial charge in [-0.2, -0.15) is 4.98 Å². The van der Waals surface area contributed by atoms with Crippen molar-refractivity contribution in [2.45, 2.75) is 38.5 Å². The molecule has 0 radical (unpaired) electrons. The van der Waals surface area contributed by atoms with E-state index in [0.29, 0.717) is 4.48 Å². The number of hydrogen-bond acceptors (Lipinski definition) is 5. The van der Waals surface area contributed by atoms with Crippen molar-refractivity contribution in [1.29, 1.82) is 0 Å². The summed E-state index contributed by atoms with van der Waals surface area (Å²) in [5.41, 5.74) is 0. The van der Waals surface area contributed by atoms with Gasteiger partial charge in [0.05, 0.1) is 21.1 Å². The van der Waals surface area contributed by atoms with Crippen LogP contribution in [-0.4, -0.2) is 62.3 Å². The first kappa shape index (κ1) is 15.5. The average molecular weight is 305 g/mol. The second-order valence-corrected chi connectivity index (χ2v) is 7.34. The Morgan fingerprint density at radius 3 is 1.41 bits per heavy atom. The molecular weight excluding hydrogens is 276 g/mol. The van der Waals surface area contributed by atoms with E-state index in [9.17, 15) is 0 Å². The van der Waals surface area contributed by atoms with Gasteiger partial charge in [0.1, 0.15) is 0 Å². The van der Waals surface area contributed by atoms with Crippen molar-refractivity contribution in [1.82, 2.24) is 19.4 Å². The zero-order valence-corrected chi connectivity index (χ0v) is 14.3. The van der Waals surface area contributed by atoms with Crippen LogP contribution in [-0.2, 0) is 0 Å². The highest BCUT2D eigenvalue weighted by Crippen LogP contribution is 2.24. The lowest BCUT2D eigenvalue weighted by Crippen LogP contribution is -2.40. The maximum atomic E-state index is 4.81. The van der Waals surface area contributed by atoms with Crippen molar-refractivity contribution >= 4 is 17.8 Å². The maximum absolute atomic E-state index is 4.81. The molecule has 6 nitrogen and oxygen atoms in total. The molecule has 2 aliphatic rings. The first-order valence-electron chi connectivity index (χ1n) is 8.62. The van der Waals surface area contributed by atoms with Gasteiger partial charge < -0.3 is 9.80 Å². The molecule has 2 saturated heterocycles. The minimum Gasteiger partial charge on any atom is -0.341 e. The molecule has 0 N–H and O–H groups in total. The summed E-state index contributed by atoms with van der Waals surface area (Å²) in [5.74, 6) is 2.60. The average Bonchev–Trinajstić information content (AvgIpc) is 2.55. The summed E-state index contributed by atoms with van der Waals surface area (Å²) in [5, 5.41) is 0. The van der Waals surface area contributed by atoms with Crippen LogP contribution >= 0.6 is 0 Å². The van der Waals surface area contributed by atoms with Crippen LogP contribution in [0.25, 0.3) is 0 Å². The molecule has 0 unspecified atom stereocenters. The third-order valence-corrected chi connectivity index (χ3v) is 4.48. The lowest BCUT2D eigenvalue weighted by Gasteiger charge is -2.31. The van der Waals surface area contributed by atoms with E-state index in [2.05, 4.69) is 30.9 Å². The molecule has 22 heavy (non-hydrogen) atoms. The normalized spacial score (nSPS) is 20.3. The van der Waals surface area contributed by atoms with Gasteiger partial charge in [-0.1, -0.05) is 0 Å². The zero-order chi connectivity index (χ0) is 15.6. The Bertz CT molecular complexity index is 462. The van der Waals surface area contributed by atoms with E-state index >= 15 is 0 Å². The molecule has 1 aromatic heterocycles. The van der Waals surface area contributed by atoms with Gasteiger partial charge in [-0.3, -0.25) is 4.48 Å². The molecule has 2 fully saturated rings. The van der Waals surface area contributed by atoms with E-state index in [1.54, 1.807) is 0 Å². The number of anilines is 2. The fourth-order valence-corrected chi connectivity index (χ4v) is 3.11. The molecule has 3 rings (SSSR count). The lowest BCUT2D eigenvalue weighted by molar-refractivity contribution is 0.453. The van der Waals surface area contributed by atoms with Crippen LogP contribution in [0.1, 0.15) is 38.5 Å². The Morgan fingerprint density at radius 2 is 1.05 bits per heavy atom. The van der Waals surface area contributed by atoms with E-state index < -0.39 is 0 Å². The number of rotatable bonds is 3. The number of nitrogens with zero attached hydrogens (tertiary/aromatic N) is 6. The van der Waals surface area contributed by atoms with E-state index in [4.69, 9.17) is 15.0 Å². The zero-order valence-electron chi connectivity index (χ0n) is 14.3. The van der Waals surface area contributed by atoms with Crippen LogP contribution in [0.2, 0.25) is 0 Å². The number of aromatic nitrogens is 3. The van der Waals surface area contributed by atoms with Crippen molar-refractivity contribution < 1.29 is 0 Å². The second-order valence-electron chi connectivity index (χ2n) is 7.34. The minimum absolute atomic E-state index is 0.629. The molecule has 0 aromatic carbocycles. The molecule has 0 spiro atoms. The highest BCUT2D eigenvalue weighted by Gasteiger charge is 2.25. The molecular formula is C16H29N6+. The molecule has 122 valence electrons. The molecule has 2 aliphatic heterocycles. The van der Waals surface area contributed by atoms with E-state index in [-0.39, 0.29) is 0 Å². The Hall–Kier alpha value is -1.43. The lowest BCUT2D eigenvalue weighted by atomic mass is 10.1. The Labute approximate surface area is 133 Å². The van der Waals surface area contributed by atoms with Crippen LogP contribution in [0, 0.1) is 0 Å². The second kappa shape index (κ2) is 6.36. The van der Waals surface area contributed by atoms with Crippen molar-refractivity contribution in [2.24, 2.45) is 0 Å². The van der Waals surface area contributed by atoms with E-state index in [0.717, 1.165) is 44.0 Å². The van der Waals surface area contributed by atoms with E-state index in [1.807, 2.05) is 0 Å². The maximum Gasteiger partial charge on any atom is 0.334 e. The van der Waals surface area contributed by atoms with Gasteiger partial charge in [0.2, 0.25) is 11.9 Å². The molecule has 0 amide bonds. The molecule has 0 atom stereocenters. The van der Waals surface area contributed by atoms with Crippen LogP contribution in [0.4, 0.5) is 17.8 Å². The topological polar surface area (TPSA) is 45.2 Å². The smallest absolute Gasteiger partial charge is 0.334 e. The van der Waals surface area contributed by atoms with Crippen LogP contribution < -0.4 is 14.3 Å². The summed E-state index contributed by atoms with van der Waals surface area (Å²) in [7, 11) is 6.36. The molecule has 0 aliphatic carbocycles. The summed E-state index contributed by atoms with van der Waals surface area (Å²) in [4.78, 5) is 19.0. The van der Waals surface area contributed by atoms with Gasteiger partial charge in [0, 0.05) is 26.2 Å². The SMILES string of the molecule is C[N+](C)(C)c1nc(N2CCCCC2)nc(N2CCCCC2)n1. The van der Waals surface area contributed by atoms with Crippen LogP contribution in [0.5, 0.6) is 0 Å². The minimum atomic E-state index is 0.629. The summed E-state index contributed by atoms with van der Waals surface area (Å²) in [6, 6.07) is 0. The predicted molar refractivity (Wildman–Crippen MR) is 91.5 cm³/mol. The molecule has 0 bridgehead atoms. The Balaban J connectivity index is 1.93. The fourth-order valence-electron chi connectivity index (χ4n) is 3.11. The standard InChI is InChI=1S/C16H29N6/c1-22(2,3)16-18-14(20-10-6-4-7-11-20)17-15(19-16)21-12-8-5-9-13-21/h4-13H2,1-3H3/q+1. The third-order valence-electron chi connectivity index (χ3n) is 4.48. The fraction of sp³-hybridized carbons (Fsp3) is 0.812. The Morgan fingerprint density at radius 1 is 0.636 bits per heavy atom. The number of hydrogen-bond donors (Lipinski definition) is 0. The third kappa shape index (κ3) is 3.48. The van der Waals surface area contributed by atoms with E-state index in [1.165, 1.54) is 38.5 Å². The quantitative estimate of drug-likeness (QED) is 0.800. The van der Waals surface area contributed by atoms with Gasteiger partial charge in [-0.05, 0) is 38.5 Å². The molecule has 6 heteroatoms. The monoisotopic (exact) mass is 305 g/mol. The van der Waals surface area contributed by atoms with Crippen LogP contribution in [0.15, 0.2) is 0 Å². The first-order chi connectivity index (χ1) is 10.5. The van der Waals surface area contributed by atoms with Gasteiger partial charge >= 0.3 is 5.95 Å². The number of piperidine rings is 2. The largest absolute Gasteiger partial charge is 0.341 e. The summed E-state index contributed by atoms with van der Waals surface area (Å²) < 4.78 is 0.629. The number of quaternary nitrogens is 1. The highest BCUT2D eigenvalue weighted by molar-refractivity contribution is 5.45. The van der Waals surface area contributed by atoms with Crippen molar-refractivity contribution in [3.8, 4) is 0 Å². The van der Waals surface area contributed by atoms with Gasteiger partial charge in [0.25, 0.3) is 0 Å². The van der Waals surface area contributed by atoms with Gasteiger partial charge in [-0.25, -0.2) is 0 Å². The predicted octanol–water partition coefficient (Wildman–Crippen LogP) is 2.05. The molecule has 0 saturated carbocycles. The Kier molecular flexibility index (Phi) is 4.47. The summed E-state index contributed by atoms with van der Waals surface area (Å²) in [6.07, 6.45) is 7.61. The van der Waals surface area contributed by atoms with Crippen molar-refractivity contribution in [3.63, 3.8) is 0 Å². The molecule has 3 heterocycles. The van der Waals surface area contributed by atoms with Gasteiger partial charge in [-0.15, -0.1) is 9.97 Å². The summed E-state index contributed by atoms with van der Waals surface area (Å²) >= 11 is 0. The summed E-state index contributed by atoms with van der Waals surface area (Å²) in [6.45, 7) is 4.28. The van der Waals surface area contributed by atoms with Crippen molar-refractivity contribution in [3.05, 3.63) is 0 Å². The first-order valence-corrected chi connectivity index (χ1v) is 8.62. The highest BCUT2D eigenvalue weighted by atomic mass is 15.4.